The normalized spacial score (nSPS) is 11.9. The molecule has 0 bridgehead atoms. The van der Waals surface area contributed by atoms with E-state index in [1.54, 1.807) is 25.1 Å². The number of nitrogens with one attached hydrogen (secondary N) is 2. The fourth-order valence-corrected chi connectivity index (χ4v) is 2.74. The molecule has 1 atom stereocenters. The molecule has 0 aliphatic carbocycles. The maximum absolute atomic E-state index is 12.4. The second-order valence-electron chi connectivity index (χ2n) is 5.88. The van der Waals surface area contributed by atoms with Crippen LogP contribution in [0.3, 0.4) is 0 Å². The molecule has 0 fully saturated rings. The first-order chi connectivity index (χ1) is 11.9. The van der Waals surface area contributed by atoms with Gasteiger partial charge in [0.05, 0.1) is 0 Å². The van der Waals surface area contributed by atoms with E-state index in [4.69, 9.17) is 23.2 Å². The van der Waals surface area contributed by atoms with Crippen molar-refractivity contribution in [2.24, 2.45) is 0 Å². The number of amides is 1. The van der Waals surface area contributed by atoms with Crippen LogP contribution in [0.25, 0.3) is 0 Å². The first kappa shape index (κ1) is 19.5. The SMILES string of the molecule is CCC(C)Nc1cc(C(=O)NCCc2ccc(Cl)cc2Cl)nc(C)n1. The average Bonchev–Trinajstić information content (AvgIpc) is 2.56. The van der Waals surface area contributed by atoms with Gasteiger partial charge in [-0.05, 0) is 44.4 Å². The van der Waals surface area contributed by atoms with Crippen LogP contribution < -0.4 is 10.6 Å². The number of nitrogens with zero attached hydrogens (tertiary/aromatic N) is 2. The van der Waals surface area contributed by atoms with Crippen molar-refractivity contribution in [3.8, 4) is 0 Å². The van der Waals surface area contributed by atoms with Crippen molar-refractivity contribution in [3.05, 3.63) is 51.4 Å². The van der Waals surface area contributed by atoms with Crippen LogP contribution >= 0.6 is 23.2 Å². The van der Waals surface area contributed by atoms with Gasteiger partial charge in [0.1, 0.15) is 17.3 Å². The summed E-state index contributed by atoms with van der Waals surface area (Å²) in [5.41, 5.74) is 1.28. The molecule has 1 unspecified atom stereocenters. The lowest BCUT2D eigenvalue weighted by Crippen LogP contribution is -2.27. The number of carbonyl (C=O) groups excluding carboxylic acids is 1. The van der Waals surface area contributed by atoms with Crippen LogP contribution in [0.2, 0.25) is 10.0 Å². The van der Waals surface area contributed by atoms with Crippen LogP contribution in [0.1, 0.15) is 42.1 Å². The average molecular weight is 381 g/mol. The predicted molar refractivity (Wildman–Crippen MR) is 103 cm³/mol. The van der Waals surface area contributed by atoms with E-state index in [1.807, 2.05) is 6.07 Å². The van der Waals surface area contributed by atoms with Crippen molar-refractivity contribution in [1.29, 1.82) is 0 Å². The van der Waals surface area contributed by atoms with Gasteiger partial charge in [-0.3, -0.25) is 4.79 Å². The van der Waals surface area contributed by atoms with E-state index in [0.717, 1.165) is 12.0 Å². The largest absolute Gasteiger partial charge is 0.368 e. The highest BCUT2D eigenvalue weighted by Gasteiger charge is 2.11. The molecule has 5 nitrogen and oxygen atoms in total. The summed E-state index contributed by atoms with van der Waals surface area (Å²) >= 11 is 12.0. The van der Waals surface area contributed by atoms with Gasteiger partial charge in [-0.2, -0.15) is 0 Å². The Bertz CT molecular complexity index is 752. The molecule has 0 saturated carbocycles. The minimum atomic E-state index is -0.234. The fraction of sp³-hybridized carbons (Fsp3) is 0.389. The molecular weight excluding hydrogens is 359 g/mol. The molecule has 134 valence electrons. The number of benzene rings is 1. The molecule has 0 aliphatic rings. The van der Waals surface area contributed by atoms with Crippen LogP contribution in [0.15, 0.2) is 24.3 Å². The second-order valence-corrected chi connectivity index (χ2v) is 6.72. The highest BCUT2D eigenvalue weighted by atomic mass is 35.5. The van der Waals surface area contributed by atoms with Gasteiger partial charge in [0.15, 0.2) is 0 Å². The molecule has 1 amide bonds. The van der Waals surface area contributed by atoms with E-state index < -0.39 is 0 Å². The topological polar surface area (TPSA) is 66.9 Å². The third kappa shape index (κ3) is 5.87. The molecular formula is C18H22Cl2N4O. The Hall–Kier alpha value is -1.85. The zero-order valence-corrected chi connectivity index (χ0v) is 16.1. The zero-order valence-electron chi connectivity index (χ0n) is 14.6. The van der Waals surface area contributed by atoms with Gasteiger partial charge in [-0.25, -0.2) is 9.97 Å². The van der Waals surface area contributed by atoms with Crippen molar-refractivity contribution in [2.75, 3.05) is 11.9 Å². The lowest BCUT2D eigenvalue weighted by molar-refractivity contribution is 0.0949. The van der Waals surface area contributed by atoms with Gasteiger partial charge in [-0.15, -0.1) is 0 Å². The van der Waals surface area contributed by atoms with Crippen molar-refractivity contribution in [3.63, 3.8) is 0 Å². The second kappa shape index (κ2) is 9.02. The number of halogens is 2. The van der Waals surface area contributed by atoms with E-state index >= 15 is 0 Å². The van der Waals surface area contributed by atoms with Gasteiger partial charge in [0, 0.05) is 28.7 Å². The van der Waals surface area contributed by atoms with Gasteiger partial charge in [-0.1, -0.05) is 36.2 Å². The van der Waals surface area contributed by atoms with Gasteiger partial charge < -0.3 is 10.6 Å². The highest BCUT2D eigenvalue weighted by molar-refractivity contribution is 6.35. The highest BCUT2D eigenvalue weighted by Crippen LogP contribution is 2.21. The summed E-state index contributed by atoms with van der Waals surface area (Å²) in [6, 6.07) is 7.28. The summed E-state index contributed by atoms with van der Waals surface area (Å²) in [4.78, 5) is 20.9. The molecule has 0 radical (unpaired) electrons. The maximum atomic E-state index is 12.4. The molecule has 2 rings (SSSR count). The fourth-order valence-electron chi connectivity index (χ4n) is 2.24. The standard InChI is InChI=1S/C18H22Cl2N4O/c1-4-11(2)22-17-10-16(23-12(3)24-17)18(25)21-8-7-13-5-6-14(19)9-15(13)20/h5-6,9-11H,4,7-8H2,1-3H3,(H,21,25)(H,22,23,24). The molecule has 0 aliphatic heterocycles. The predicted octanol–water partition coefficient (Wildman–Crippen LogP) is 4.27. The van der Waals surface area contributed by atoms with Gasteiger partial charge in [0.25, 0.3) is 5.91 Å². The Morgan fingerprint density at radius 3 is 2.68 bits per heavy atom. The van der Waals surface area contributed by atoms with Gasteiger partial charge >= 0.3 is 0 Å². The monoisotopic (exact) mass is 380 g/mol. The molecule has 1 aromatic heterocycles. The summed E-state index contributed by atoms with van der Waals surface area (Å²) in [5.74, 6) is 0.981. The summed E-state index contributed by atoms with van der Waals surface area (Å²) < 4.78 is 0. The zero-order chi connectivity index (χ0) is 18.4. The molecule has 1 aromatic carbocycles. The molecule has 25 heavy (non-hydrogen) atoms. The number of aromatic nitrogens is 2. The molecule has 0 spiro atoms. The minimum absolute atomic E-state index is 0.234. The lowest BCUT2D eigenvalue weighted by atomic mass is 10.1. The number of rotatable bonds is 7. The third-order valence-corrected chi connectivity index (χ3v) is 4.36. The van der Waals surface area contributed by atoms with Crippen molar-refractivity contribution >= 4 is 34.9 Å². The van der Waals surface area contributed by atoms with Crippen LogP contribution in [0, 0.1) is 6.92 Å². The molecule has 7 heteroatoms. The first-order valence-corrected chi connectivity index (χ1v) is 8.99. The summed E-state index contributed by atoms with van der Waals surface area (Å²) in [6.45, 7) is 6.37. The van der Waals surface area contributed by atoms with Crippen molar-refractivity contribution < 1.29 is 4.79 Å². The van der Waals surface area contributed by atoms with Crippen LogP contribution in [0.4, 0.5) is 5.82 Å². The first-order valence-electron chi connectivity index (χ1n) is 8.23. The maximum Gasteiger partial charge on any atom is 0.270 e. The molecule has 0 saturated heterocycles. The van der Waals surface area contributed by atoms with Crippen molar-refractivity contribution in [1.82, 2.24) is 15.3 Å². The van der Waals surface area contributed by atoms with Gasteiger partial charge in [0.2, 0.25) is 0 Å². The number of aryl methyl sites for hydroxylation is 1. The summed E-state index contributed by atoms with van der Waals surface area (Å²) in [7, 11) is 0. The van der Waals surface area contributed by atoms with E-state index in [1.165, 1.54) is 0 Å². The Balaban J connectivity index is 1.98. The smallest absolute Gasteiger partial charge is 0.270 e. The van der Waals surface area contributed by atoms with E-state index in [9.17, 15) is 4.79 Å². The van der Waals surface area contributed by atoms with Crippen LogP contribution in [-0.4, -0.2) is 28.5 Å². The van der Waals surface area contributed by atoms with Crippen LogP contribution in [0.5, 0.6) is 0 Å². The Morgan fingerprint density at radius 2 is 2.00 bits per heavy atom. The number of hydrogen-bond acceptors (Lipinski definition) is 4. The Labute approximate surface area is 158 Å². The quantitative estimate of drug-likeness (QED) is 0.752. The minimum Gasteiger partial charge on any atom is -0.368 e. The summed E-state index contributed by atoms with van der Waals surface area (Å²) in [6.07, 6.45) is 1.58. The number of anilines is 1. The summed E-state index contributed by atoms with van der Waals surface area (Å²) in [5, 5.41) is 7.31. The number of carbonyl (C=O) groups is 1. The molecule has 2 N–H and O–H groups in total. The van der Waals surface area contributed by atoms with Crippen molar-refractivity contribution in [2.45, 2.75) is 39.7 Å². The van der Waals surface area contributed by atoms with E-state index in [-0.39, 0.29) is 11.9 Å². The third-order valence-electron chi connectivity index (χ3n) is 3.77. The van der Waals surface area contributed by atoms with E-state index in [2.05, 4.69) is 34.4 Å². The Morgan fingerprint density at radius 1 is 1.24 bits per heavy atom. The van der Waals surface area contributed by atoms with E-state index in [0.29, 0.717) is 40.3 Å². The lowest BCUT2D eigenvalue weighted by Gasteiger charge is -2.13. The molecule has 1 heterocycles. The van der Waals surface area contributed by atoms with Crippen LogP contribution in [-0.2, 0) is 6.42 Å². The Kier molecular flexibility index (Phi) is 7.02. The molecule has 2 aromatic rings. The number of hydrogen-bond donors (Lipinski definition) is 2.